The van der Waals surface area contributed by atoms with E-state index < -0.39 is 0 Å². The van der Waals surface area contributed by atoms with Crippen molar-refractivity contribution < 1.29 is 14.0 Å². The summed E-state index contributed by atoms with van der Waals surface area (Å²) < 4.78 is 5.07. The van der Waals surface area contributed by atoms with Gasteiger partial charge in [-0.25, -0.2) is 0 Å². The number of Topliss-reactive ketones (excluding diaryl/α,β-unsaturated/α-hetero) is 1. The normalized spacial score (nSPS) is 15.4. The van der Waals surface area contributed by atoms with Gasteiger partial charge in [-0.3, -0.25) is 9.59 Å². The molecule has 4 heteroatoms. The number of ketones is 1. The Kier molecular flexibility index (Phi) is 5.47. The molecular formula is C20H23NO3. The third-order valence-corrected chi connectivity index (χ3v) is 4.70. The zero-order valence-electron chi connectivity index (χ0n) is 13.8. The first-order valence-corrected chi connectivity index (χ1v) is 8.61. The highest BCUT2D eigenvalue weighted by molar-refractivity contribution is 5.95. The summed E-state index contributed by atoms with van der Waals surface area (Å²) in [5, 5.41) is 0. The average Bonchev–Trinajstić information content (AvgIpc) is 3.16. The summed E-state index contributed by atoms with van der Waals surface area (Å²) in [7, 11) is 0. The molecule has 0 aliphatic carbocycles. The summed E-state index contributed by atoms with van der Waals surface area (Å²) in [5.41, 5.74) is 1.37. The summed E-state index contributed by atoms with van der Waals surface area (Å²) in [6, 6.07) is 13.8. The third kappa shape index (κ3) is 4.34. The van der Waals surface area contributed by atoms with E-state index >= 15 is 0 Å². The summed E-state index contributed by atoms with van der Waals surface area (Å²) in [4.78, 5) is 26.1. The van der Waals surface area contributed by atoms with E-state index in [9.17, 15) is 9.59 Å². The standard InChI is InChI=1S/C20H23NO3/c22-18(19-7-4-14-24-19)8-9-20(23)21-12-10-17(11-13-21)15-16-5-2-1-3-6-16/h1-7,14,17H,8-13,15H2. The number of furan rings is 1. The Morgan fingerprint density at radius 1 is 1.00 bits per heavy atom. The van der Waals surface area contributed by atoms with Gasteiger partial charge in [-0.15, -0.1) is 0 Å². The van der Waals surface area contributed by atoms with Crippen LogP contribution < -0.4 is 0 Å². The van der Waals surface area contributed by atoms with E-state index in [-0.39, 0.29) is 24.5 Å². The molecular weight excluding hydrogens is 302 g/mol. The number of piperidine rings is 1. The number of carbonyl (C=O) groups excluding carboxylic acids is 2. The van der Waals surface area contributed by atoms with E-state index in [0.717, 1.165) is 32.4 Å². The van der Waals surface area contributed by atoms with Gasteiger partial charge in [0.15, 0.2) is 11.5 Å². The van der Waals surface area contributed by atoms with Crippen LogP contribution >= 0.6 is 0 Å². The molecule has 1 fully saturated rings. The van der Waals surface area contributed by atoms with Crippen LogP contribution in [0, 0.1) is 5.92 Å². The Labute approximate surface area is 142 Å². The van der Waals surface area contributed by atoms with Crippen LogP contribution in [0.25, 0.3) is 0 Å². The second kappa shape index (κ2) is 7.95. The fraction of sp³-hybridized carbons (Fsp3) is 0.400. The number of likely N-dealkylation sites (tertiary alicyclic amines) is 1. The van der Waals surface area contributed by atoms with E-state index in [4.69, 9.17) is 4.42 Å². The van der Waals surface area contributed by atoms with Gasteiger partial charge in [0.1, 0.15) is 0 Å². The first-order valence-electron chi connectivity index (χ1n) is 8.61. The highest BCUT2D eigenvalue weighted by Gasteiger charge is 2.23. The maximum Gasteiger partial charge on any atom is 0.223 e. The SMILES string of the molecule is O=C(CCC(=O)N1CCC(Cc2ccccc2)CC1)c1ccco1. The van der Waals surface area contributed by atoms with Crippen LogP contribution in [-0.2, 0) is 11.2 Å². The van der Waals surface area contributed by atoms with Crippen LogP contribution in [0.4, 0.5) is 0 Å². The van der Waals surface area contributed by atoms with Crippen LogP contribution in [0.2, 0.25) is 0 Å². The van der Waals surface area contributed by atoms with Gasteiger partial charge in [-0.05, 0) is 42.9 Å². The molecule has 2 heterocycles. The van der Waals surface area contributed by atoms with Gasteiger partial charge >= 0.3 is 0 Å². The lowest BCUT2D eigenvalue weighted by molar-refractivity contribution is -0.132. The lowest BCUT2D eigenvalue weighted by atomic mass is 9.90. The zero-order valence-corrected chi connectivity index (χ0v) is 13.8. The van der Waals surface area contributed by atoms with Crippen molar-refractivity contribution in [3.63, 3.8) is 0 Å². The van der Waals surface area contributed by atoms with E-state index in [1.165, 1.54) is 11.8 Å². The molecule has 0 unspecified atom stereocenters. The van der Waals surface area contributed by atoms with Crippen molar-refractivity contribution in [3.8, 4) is 0 Å². The predicted octanol–water partition coefficient (Wildman–Crippen LogP) is 3.72. The molecule has 0 saturated carbocycles. The molecule has 1 amide bonds. The minimum Gasteiger partial charge on any atom is -0.461 e. The van der Waals surface area contributed by atoms with Crippen molar-refractivity contribution in [1.29, 1.82) is 0 Å². The van der Waals surface area contributed by atoms with Crippen LogP contribution in [-0.4, -0.2) is 29.7 Å². The van der Waals surface area contributed by atoms with Crippen LogP contribution in [0.1, 0.15) is 41.8 Å². The van der Waals surface area contributed by atoms with E-state index in [0.29, 0.717) is 11.7 Å². The number of amides is 1. The lowest BCUT2D eigenvalue weighted by Gasteiger charge is -2.32. The Morgan fingerprint density at radius 2 is 1.75 bits per heavy atom. The largest absolute Gasteiger partial charge is 0.461 e. The predicted molar refractivity (Wildman–Crippen MR) is 91.7 cm³/mol. The van der Waals surface area contributed by atoms with Crippen molar-refractivity contribution in [1.82, 2.24) is 4.90 Å². The summed E-state index contributed by atoms with van der Waals surface area (Å²) in [5.74, 6) is 0.950. The molecule has 3 rings (SSSR count). The summed E-state index contributed by atoms with van der Waals surface area (Å²) >= 11 is 0. The van der Waals surface area contributed by atoms with E-state index in [1.807, 2.05) is 11.0 Å². The molecule has 4 nitrogen and oxygen atoms in total. The van der Waals surface area contributed by atoms with E-state index in [2.05, 4.69) is 24.3 Å². The molecule has 0 bridgehead atoms. The Morgan fingerprint density at radius 3 is 2.42 bits per heavy atom. The Hall–Kier alpha value is -2.36. The van der Waals surface area contributed by atoms with Crippen molar-refractivity contribution in [2.75, 3.05) is 13.1 Å². The molecule has 126 valence electrons. The van der Waals surface area contributed by atoms with Gasteiger partial charge in [0.2, 0.25) is 5.91 Å². The van der Waals surface area contributed by atoms with Crippen molar-refractivity contribution in [2.45, 2.75) is 32.1 Å². The second-order valence-electron chi connectivity index (χ2n) is 6.41. The average molecular weight is 325 g/mol. The van der Waals surface area contributed by atoms with Gasteiger partial charge in [0.25, 0.3) is 0 Å². The number of hydrogen-bond donors (Lipinski definition) is 0. The molecule has 0 spiro atoms. The first kappa shape index (κ1) is 16.5. The molecule has 2 aromatic rings. The number of hydrogen-bond acceptors (Lipinski definition) is 3. The smallest absolute Gasteiger partial charge is 0.223 e. The third-order valence-electron chi connectivity index (χ3n) is 4.70. The summed E-state index contributed by atoms with van der Waals surface area (Å²) in [6.07, 6.45) is 5.12. The number of rotatable bonds is 6. The monoisotopic (exact) mass is 325 g/mol. The van der Waals surface area contributed by atoms with Gasteiger partial charge in [-0.1, -0.05) is 30.3 Å². The molecule has 1 saturated heterocycles. The van der Waals surface area contributed by atoms with Crippen LogP contribution in [0.3, 0.4) is 0 Å². The van der Waals surface area contributed by atoms with E-state index in [1.54, 1.807) is 12.1 Å². The minimum absolute atomic E-state index is 0.0769. The molecule has 1 aliphatic rings. The second-order valence-corrected chi connectivity index (χ2v) is 6.41. The lowest BCUT2D eigenvalue weighted by Crippen LogP contribution is -2.39. The molecule has 0 atom stereocenters. The number of benzene rings is 1. The fourth-order valence-electron chi connectivity index (χ4n) is 3.27. The minimum atomic E-state index is -0.104. The first-order chi connectivity index (χ1) is 11.7. The molecule has 1 aromatic carbocycles. The zero-order chi connectivity index (χ0) is 16.8. The van der Waals surface area contributed by atoms with Gasteiger partial charge in [-0.2, -0.15) is 0 Å². The number of nitrogens with zero attached hydrogens (tertiary/aromatic N) is 1. The molecule has 1 aromatic heterocycles. The topological polar surface area (TPSA) is 50.5 Å². The van der Waals surface area contributed by atoms with Crippen molar-refractivity contribution in [2.24, 2.45) is 5.92 Å². The Balaban J connectivity index is 1.41. The Bertz CT molecular complexity index is 655. The van der Waals surface area contributed by atoms with Gasteiger partial charge < -0.3 is 9.32 Å². The highest BCUT2D eigenvalue weighted by atomic mass is 16.3. The maximum atomic E-state index is 12.3. The molecule has 0 radical (unpaired) electrons. The van der Waals surface area contributed by atoms with Crippen LogP contribution in [0.5, 0.6) is 0 Å². The molecule has 24 heavy (non-hydrogen) atoms. The van der Waals surface area contributed by atoms with Gasteiger partial charge in [0, 0.05) is 25.9 Å². The summed E-state index contributed by atoms with van der Waals surface area (Å²) in [6.45, 7) is 1.59. The fourth-order valence-corrected chi connectivity index (χ4v) is 3.27. The quantitative estimate of drug-likeness (QED) is 0.761. The van der Waals surface area contributed by atoms with Crippen molar-refractivity contribution >= 4 is 11.7 Å². The number of carbonyl (C=O) groups is 2. The highest BCUT2D eigenvalue weighted by Crippen LogP contribution is 2.22. The molecule has 0 N–H and O–H groups in total. The van der Waals surface area contributed by atoms with Gasteiger partial charge in [0.05, 0.1) is 6.26 Å². The van der Waals surface area contributed by atoms with Crippen LogP contribution in [0.15, 0.2) is 53.1 Å². The molecule has 1 aliphatic heterocycles. The maximum absolute atomic E-state index is 12.3. The van der Waals surface area contributed by atoms with Crippen molar-refractivity contribution in [3.05, 3.63) is 60.1 Å².